The Balaban J connectivity index is 0.844. The number of nitrogens with zero attached hydrogens (tertiary/aromatic N) is 12. The van der Waals surface area contributed by atoms with Crippen molar-refractivity contribution in [2.75, 3.05) is 59.0 Å². The molecule has 2 fully saturated rings. The van der Waals surface area contributed by atoms with Gasteiger partial charge in [-0.2, -0.15) is 0 Å². The van der Waals surface area contributed by atoms with Gasteiger partial charge in [-0.25, -0.2) is 23.4 Å². The van der Waals surface area contributed by atoms with Crippen LogP contribution in [0.4, 0.5) is 8.78 Å². The Morgan fingerprint density at radius 2 is 1.22 bits per heavy atom. The first kappa shape index (κ1) is 38.6. The van der Waals surface area contributed by atoms with E-state index in [0.29, 0.717) is 19.5 Å². The monoisotopic (exact) mass is 813 g/mol. The topological polar surface area (TPSA) is 234 Å². The van der Waals surface area contributed by atoms with Gasteiger partial charge >= 0.3 is 0 Å². The van der Waals surface area contributed by atoms with Crippen LogP contribution in [-0.2, 0) is 30.6 Å². The minimum atomic E-state index is -0.922. The second kappa shape index (κ2) is 15.9. The third kappa shape index (κ3) is 7.26. The van der Waals surface area contributed by atoms with Gasteiger partial charge in [-0.1, -0.05) is 16.8 Å². The average molecular weight is 814 g/mol. The molecule has 2 aliphatic rings. The molecule has 0 unspecified atom stereocenters. The molecule has 0 atom stereocenters. The van der Waals surface area contributed by atoms with Gasteiger partial charge in [-0.15, -0.1) is 9.78 Å². The molecule has 8 heterocycles. The lowest BCUT2D eigenvalue weighted by molar-refractivity contribution is -0.785. The Kier molecular flexibility index (Phi) is 10.4. The Morgan fingerprint density at radius 1 is 0.712 bits per heavy atom. The van der Waals surface area contributed by atoms with E-state index in [4.69, 9.17) is 4.74 Å². The highest BCUT2D eigenvalue weighted by Crippen LogP contribution is 2.28. The molecule has 6 aromatic rings. The first-order chi connectivity index (χ1) is 28.5. The molecule has 2 saturated heterocycles. The fraction of sp³-hybridized carbons (Fsp3) is 0.333. The predicted octanol–water partition coefficient (Wildman–Crippen LogP) is -0.437. The van der Waals surface area contributed by atoms with E-state index in [1.165, 1.54) is 65.9 Å². The smallest absolute Gasteiger partial charge is 0.295 e. The maximum absolute atomic E-state index is 15.1. The third-order valence-electron chi connectivity index (χ3n) is 10.2. The minimum absolute atomic E-state index is 0.0395. The highest BCUT2D eigenvalue weighted by atomic mass is 19.1. The fourth-order valence-corrected chi connectivity index (χ4v) is 7.10. The lowest BCUT2D eigenvalue weighted by Crippen LogP contribution is -2.53. The highest BCUT2D eigenvalue weighted by molar-refractivity contribution is 6.45. The van der Waals surface area contributed by atoms with Gasteiger partial charge < -0.3 is 34.3 Å². The minimum Gasteiger partial charge on any atom is -0.357 e. The van der Waals surface area contributed by atoms with Gasteiger partial charge in [0, 0.05) is 71.2 Å². The number of Topliss-reactive ketones (excluding diaryl/α,β-unsaturated/α-hetero) is 2. The molecule has 0 spiro atoms. The summed E-state index contributed by atoms with van der Waals surface area (Å²) in [6, 6.07) is 0. The number of hydrogen-bond donors (Lipinski definition) is 2. The van der Waals surface area contributed by atoms with Crippen molar-refractivity contribution < 1.29 is 47.0 Å². The molecule has 2 N–H and O–H groups in total. The van der Waals surface area contributed by atoms with Crippen molar-refractivity contribution in [3.63, 3.8) is 0 Å². The van der Waals surface area contributed by atoms with E-state index in [9.17, 15) is 33.2 Å². The Morgan fingerprint density at radius 3 is 1.73 bits per heavy atom. The van der Waals surface area contributed by atoms with Crippen LogP contribution in [0.15, 0.2) is 49.6 Å². The van der Waals surface area contributed by atoms with Gasteiger partial charge in [0.1, 0.15) is 12.1 Å². The second-order valence-corrected chi connectivity index (χ2v) is 13.6. The van der Waals surface area contributed by atoms with Gasteiger partial charge in [0.05, 0.1) is 57.4 Å². The quantitative estimate of drug-likeness (QED) is 0.0963. The van der Waals surface area contributed by atoms with Crippen molar-refractivity contribution in [2.24, 2.45) is 0 Å². The zero-order chi connectivity index (χ0) is 41.4. The van der Waals surface area contributed by atoms with Crippen LogP contribution in [-0.4, -0.2) is 159 Å². The van der Waals surface area contributed by atoms with Crippen LogP contribution in [0.5, 0.6) is 0 Å². The summed E-state index contributed by atoms with van der Waals surface area (Å²) in [6.45, 7) is 2.58. The molecular weight excluding hydrogens is 778 g/mol. The summed E-state index contributed by atoms with van der Waals surface area (Å²) in [5.74, 6) is -5.18. The van der Waals surface area contributed by atoms with E-state index < -0.39 is 35.0 Å². The van der Waals surface area contributed by atoms with Crippen LogP contribution >= 0.6 is 0 Å². The molecule has 23 heteroatoms. The summed E-state index contributed by atoms with van der Waals surface area (Å²) in [5, 5.41) is 11.7. The van der Waals surface area contributed by atoms with Gasteiger partial charge in [0.2, 0.25) is 18.5 Å². The van der Waals surface area contributed by atoms with E-state index in [1.54, 1.807) is 11.8 Å². The molecule has 0 bridgehead atoms. The first-order valence-corrected chi connectivity index (χ1v) is 18.5. The number of aromatic nitrogens is 10. The number of fused-ring (bicyclic) bond motifs is 2. The number of amides is 4. The van der Waals surface area contributed by atoms with E-state index in [2.05, 4.69) is 35.5 Å². The normalized spacial score (nSPS) is 14.7. The number of rotatable bonds is 11. The van der Waals surface area contributed by atoms with Crippen LogP contribution in [0.3, 0.4) is 0 Å². The number of piperazine rings is 2. The van der Waals surface area contributed by atoms with Gasteiger partial charge in [0.15, 0.2) is 29.8 Å². The summed E-state index contributed by atoms with van der Waals surface area (Å²) >= 11 is 0. The largest absolute Gasteiger partial charge is 0.357 e. The first-order valence-electron chi connectivity index (χ1n) is 18.5. The molecule has 0 saturated carbocycles. The zero-order valence-electron chi connectivity index (χ0n) is 31.4. The van der Waals surface area contributed by atoms with Gasteiger partial charge in [-0.3, -0.25) is 28.8 Å². The Bertz CT molecular complexity index is 2620. The number of H-pyrrole nitrogens is 2. The standard InChI is InChI=1S/C36H34F2N14O7/c1-2-25(53)46-5-9-48(10-6-46)35(57)32(56)22-16-40-30-28(22)24(38)18-42-34(30)52-14-13-50(45-52)20-59-19-26(54)47-7-11-49(12-8-47)36(58)31(55)21-15-39-29-27(21)23(37)17-41-33(29)51-4-3-43-44-51/h3-4,13-18H,2,5-12,19-20H2,1H3,(H-,39,40,41,42,45,55,56)/p+1. The lowest BCUT2D eigenvalue weighted by Gasteiger charge is -2.34. The number of hydrogen-bond acceptors (Lipinski definition) is 12. The number of ether oxygens (including phenoxy) is 1. The number of pyridine rings is 2. The van der Waals surface area contributed by atoms with E-state index >= 15 is 4.39 Å². The molecule has 8 rings (SSSR count). The van der Waals surface area contributed by atoms with Gasteiger partial charge in [-0.05, 0) is 0 Å². The summed E-state index contributed by atoms with van der Waals surface area (Å²) in [7, 11) is 0. The van der Waals surface area contributed by atoms with Crippen LogP contribution < -0.4 is 4.68 Å². The number of carbonyl (C=O) groups excluding carboxylic acids is 6. The maximum atomic E-state index is 15.1. The average Bonchev–Trinajstić information content (AvgIpc) is 4.11. The lowest BCUT2D eigenvalue weighted by atomic mass is 10.1. The van der Waals surface area contributed by atoms with E-state index in [1.807, 2.05) is 0 Å². The molecule has 0 aliphatic carbocycles. The SMILES string of the molecule is CCC(=O)N1CCN(C(=O)C(=O)c2c[nH]c3c(-n4cc[n+](COCC(=O)N5CCN(C(=O)C(=O)c6c[nH]c7c(-n8ccnn8)ncc(F)c67)CC5)n4)ncc(F)c23)CC1. The molecular formula is C36H35F2N14O7+. The molecule has 21 nitrogen and oxygen atoms in total. The number of halogens is 2. The van der Waals surface area contributed by atoms with Crippen LogP contribution in [0.2, 0.25) is 0 Å². The summed E-state index contributed by atoms with van der Waals surface area (Å²) in [4.78, 5) is 97.4. The molecule has 0 aromatic carbocycles. The molecule has 304 valence electrons. The van der Waals surface area contributed by atoms with E-state index in [-0.39, 0.29) is 109 Å². The van der Waals surface area contributed by atoms with Crippen molar-refractivity contribution in [1.29, 1.82) is 0 Å². The van der Waals surface area contributed by atoms with Crippen molar-refractivity contribution in [1.82, 2.24) is 64.4 Å². The van der Waals surface area contributed by atoms with Crippen LogP contribution in [0.25, 0.3) is 33.4 Å². The Hall–Kier alpha value is -7.30. The summed E-state index contributed by atoms with van der Waals surface area (Å²) < 4.78 is 39.6. The van der Waals surface area contributed by atoms with Crippen molar-refractivity contribution in [3.05, 3.63) is 72.3 Å². The maximum Gasteiger partial charge on any atom is 0.295 e. The Labute approximate surface area is 331 Å². The molecule has 4 amide bonds. The highest BCUT2D eigenvalue weighted by Gasteiger charge is 2.33. The number of aromatic amines is 2. The van der Waals surface area contributed by atoms with Crippen LogP contribution in [0.1, 0.15) is 34.1 Å². The van der Waals surface area contributed by atoms with Crippen molar-refractivity contribution in [2.45, 2.75) is 20.1 Å². The van der Waals surface area contributed by atoms with Crippen molar-refractivity contribution >= 4 is 57.0 Å². The number of nitrogens with one attached hydrogen (secondary N) is 2. The third-order valence-corrected chi connectivity index (χ3v) is 10.2. The second-order valence-electron chi connectivity index (χ2n) is 13.6. The van der Waals surface area contributed by atoms with Crippen LogP contribution in [0, 0.1) is 11.6 Å². The summed E-state index contributed by atoms with van der Waals surface area (Å²) in [6.07, 6.45) is 10.6. The molecule has 2 aliphatic heterocycles. The fourth-order valence-electron chi connectivity index (χ4n) is 7.10. The molecule has 6 aromatic heterocycles. The number of ketones is 2. The van der Waals surface area contributed by atoms with E-state index in [0.717, 1.165) is 12.4 Å². The molecule has 0 radical (unpaired) electrons. The predicted molar refractivity (Wildman–Crippen MR) is 196 cm³/mol. The van der Waals surface area contributed by atoms with Crippen molar-refractivity contribution in [3.8, 4) is 11.6 Å². The van der Waals surface area contributed by atoms with Gasteiger partial charge in [0.25, 0.3) is 29.2 Å². The number of carbonyl (C=O) groups is 6. The zero-order valence-corrected chi connectivity index (χ0v) is 31.4. The summed E-state index contributed by atoms with van der Waals surface area (Å²) in [5.41, 5.74) is -0.0423. The molecule has 59 heavy (non-hydrogen) atoms.